The Balaban J connectivity index is 0.000000478. The molecule has 0 aliphatic rings. The van der Waals surface area contributed by atoms with Gasteiger partial charge in [0.05, 0.1) is 11.1 Å². The van der Waals surface area contributed by atoms with Gasteiger partial charge in [-0.2, -0.15) is 0 Å². The Kier molecular flexibility index (Phi) is 11.7. The summed E-state index contributed by atoms with van der Waals surface area (Å²) in [6.07, 6.45) is 0. The first-order chi connectivity index (χ1) is 13.0. The second-order valence-corrected chi connectivity index (χ2v) is 7.74. The van der Waals surface area contributed by atoms with Gasteiger partial charge in [-0.05, 0) is 65.8 Å². The molecule has 0 saturated heterocycles. The zero-order valence-electron chi connectivity index (χ0n) is 17.3. The summed E-state index contributed by atoms with van der Waals surface area (Å²) in [6.45, 7) is 11.1. The minimum atomic E-state index is -0.424. The molecule has 6 heteroatoms. The van der Waals surface area contributed by atoms with Gasteiger partial charge < -0.3 is 9.47 Å². The van der Waals surface area contributed by atoms with Gasteiger partial charge in [0.2, 0.25) is 0 Å². The van der Waals surface area contributed by atoms with Gasteiger partial charge in [0.1, 0.15) is 11.2 Å². The fraction of sp³-hybridized carbons (Fsp3) is 0.364. The van der Waals surface area contributed by atoms with Crippen molar-refractivity contribution in [3.05, 3.63) is 71.8 Å². The molecule has 0 aromatic heterocycles. The van der Waals surface area contributed by atoms with E-state index in [-0.39, 0.29) is 11.9 Å². The number of benzene rings is 2. The summed E-state index contributed by atoms with van der Waals surface area (Å²) < 4.78 is 10.4. The molecule has 0 radical (unpaired) electrons. The Hall–Kier alpha value is -1.92. The maximum Gasteiger partial charge on any atom is 0.338 e. The fourth-order valence-corrected chi connectivity index (χ4v) is 1.82. The van der Waals surface area contributed by atoms with Gasteiger partial charge in [0.25, 0.3) is 0 Å². The van der Waals surface area contributed by atoms with Crippen LogP contribution in [0.3, 0.4) is 0 Å². The average molecular weight is 423 g/mol. The molecule has 2 aromatic carbocycles. The van der Waals surface area contributed by atoms with Gasteiger partial charge in [0, 0.05) is 0 Å². The molecule has 0 amide bonds. The molecule has 0 aliphatic heterocycles. The molecule has 0 bridgehead atoms. The van der Waals surface area contributed by atoms with Gasteiger partial charge in [-0.15, -0.1) is 23.3 Å². The fourth-order valence-electron chi connectivity index (χ4n) is 1.82. The highest BCUT2D eigenvalue weighted by Gasteiger charge is 2.17. The van der Waals surface area contributed by atoms with Gasteiger partial charge in [-0.1, -0.05) is 36.4 Å². The van der Waals surface area contributed by atoms with E-state index in [4.69, 9.17) is 9.47 Å². The number of esters is 2. The van der Waals surface area contributed by atoms with Crippen LogP contribution in [-0.2, 0) is 9.47 Å². The molecule has 4 nitrogen and oxygen atoms in total. The molecule has 0 heterocycles. The number of hydrogen-bond acceptors (Lipinski definition) is 6. The van der Waals surface area contributed by atoms with Crippen LogP contribution in [0.5, 0.6) is 0 Å². The minimum absolute atomic E-state index is 0.270. The number of carbonyl (C=O) groups excluding carboxylic acids is 2. The summed E-state index contributed by atoms with van der Waals surface area (Å²) in [7, 11) is 0. The van der Waals surface area contributed by atoms with E-state index in [0.717, 1.165) is 0 Å². The molecule has 0 unspecified atom stereocenters. The van der Waals surface area contributed by atoms with Crippen LogP contribution in [0.4, 0.5) is 0 Å². The lowest BCUT2D eigenvalue weighted by atomic mass is 10.2. The van der Waals surface area contributed by atoms with Crippen LogP contribution < -0.4 is 0 Å². The molecule has 154 valence electrons. The van der Waals surface area contributed by atoms with E-state index >= 15 is 0 Å². The van der Waals surface area contributed by atoms with Crippen molar-refractivity contribution in [2.45, 2.75) is 52.7 Å². The summed E-state index contributed by atoms with van der Waals surface area (Å²) >= 11 is 6.44. The number of hydrogen-bond donors (Lipinski definition) is 2. The lowest BCUT2D eigenvalue weighted by Crippen LogP contribution is -2.23. The molecule has 2 aromatic rings. The molecule has 0 saturated carbocycles. The quantitative estimate of drug-likeness (QED) is 0.352. The van der Waals surface area contributed by atoms with Gasteiger partial charge in [0.15, 0.2) is 0 Å². The van der Waals surface area contributed by atoms with Crippen molar-refractivity contribution in [1.29, 1.82) is 0 Å². The number of rotatable bonds is 2. The number of carbonyl (C=O) groups is 2. The molecule has 2 rings (SSSR count). The average Bonchev–Trinajstić information content (AvgIpc) is 2.63. The summed E-state index contributed by atoms with van der Waals surface area (Å²) in [5.74, 6) is -0.541. The second kappa shape index (κ2) is 12.5. The summed E-state index contributed by atoms with van der Waals surface area (Å²) in [5.41, 5.74) is 0.342. The van der Waals surface area contributed by atoms with E-state index in [9.17, 15) is 9.59 Å². The van der Waals surface area contributed by atoms with E-state index in [1.54, 1.807) is 24.3 Å². The lowest BCUT2D eigenvalue weighted by molar-refractivity contribution is 0.00570. The molecule has 0 spiro atoms. The van der Waals surface area contributed by atoms with Crippen LogP contribution in [0, 0.1) is 0 Å². The van der Waals surface area contributed by atoms with Crippen LogP contribution in [-0.4, -0.2) is 23.1 Å². The van der Waals surface area contributed by atoms with Crippen LogP contribution in [0.1, 0.15) is 62.3 Å². The molecule has 28 heavy (non-hydrogen) atoms. The van der Waals surface area contributed by atoms with Gasteiger partial charge in [-0.3, -0.25) is 0 Å². The first-order valence-corrected chi connectivity index (χ1v) is 10.3. The highest BCUT2D eigenvalue weighted by Crippen LogP contribution is 2.12. The van der Waals surface area contributed by atoms with Gasteiger partial charge in [-0.25, -0.2) is 9.59 Å². The lowest BCUT2D eigenvalue weighted by Gasteiger charge is -2.19. The van der Waals surface area contributed by atoms with Crippen molar-refractivity contribution >= 4 is 35.3 Å². The molecular weight excluding hydrogens is 392 g/mol. The van der Waals surface area contributed by atoms with E-state index in [1.165, 1.54) is 0 Å². The van der Waals surface area contributed by atoms with Crippen molar-refractivity contribution < 1.29 is 19.1 Å². The van der Waals surface area contributed by atoms with Crippen LogP contribution in [0.15, 0.2) is 60.7 Å². The summed E-state index contributed by atoms with van der Waals surface area (Å²) in [4.78, 5) is 22.9. The third-order valence-electron chi connectivity index (χ3n) is 2.82. The third kappa shape index (κ3) is 12.5. The Bertz CT molecular complexity index is 639. The number of thiol groups is 2. The largest absolute Gasteiger partial charge is 0.456 e. The Morgan fingerprint density at radius 1 is 0.607 bits per heavy atom. The smallest absolute Gasteiger partial charge is 0.338 e. The van der Waals surface area contributed by atoms with Crippen molar-refractivity contribution in [3.63, 3.8) is 0 Å². The number of ether oxygens (including phenoxy) is 2. The van der Waals surface area contributed by atoms with Crippen molar-refractivity contribution in [1.82, 2.24) is 0 Å². The highest BCUT2D eigenvalue weighted by atomic mass is 33.1. The van der Waals surface area contributed by atoms with Gasteiger partial charge >= 0.3 is 11.9 Å². The maximum atomic E-state index is 11.4. The predicted octanol–water partition coefficient (Wildman–Crippen LogP) is 6.04. The predicted molar refractivity (Wildman–Crippen MR) is 121 cm³/mol. The maximum absolute atomic E-state index is 11.4. The van der Waals surface area contributed by atoms with Crippen molar-refractivity contribution in [2.24, 2.45) is 0 Å². The second-order valence-electron chi connectivity index (χ2n) is 7.74. The van der Waals surface area contributed by atoms with E-state index in [0.29, 0.717) is 11.1 Å². The molecule has 0 fully saturated rings. The topological polar surface area (TPSA) is 52.6 Å². The summed E-state index contributed by atoms with van der Waals surface area (Å²) in [6, 6.07) is 18.0. The minimum Gasteiger partial charge on any atom is -0.456 e. The molecular formula is C22H30O4S2. The van der Waals surface area contributed by atoms with Crippen LogP contribution >= 0.6 is 23.3 Å². The van der Waals surface area contributed by atoms with Crippen LogP contribution in [0.25, 0.3) is 0 Å². The van der Waals surface area contributed by atoms with E-state index < -0.39 is 11.2 Å². The zero-order chi connectivity index (χ0) is 21.8. The molecule has 0 atom stereocenters. The standard InChI is InChI=1S/2C11H14O2.H2S2/c2*1-11(2,3)13-10(12)9-7-5-4-6-8-9;1-2/h2*4-8H,1-3H3;1-2H. The van der Waals surface area contributed by atoms with E-state index in [2.05, 4.69) is 23.3 Å². The van der Waals surface area contributed by atoms with Crippen LogP contribution in [0.2, 0.25) is 0 Å². The Labute approximate surface area is 178 Å². The first-order valence-electron chi connectivity index (χ1n) is 8.75. The molecule has 0 aliphatic carbocycles. The highest BCUT2D eigenvalue weighted by molar-refractivity contribution is 8.59. The van der Waals surface area contributed by atoms with Crippen molar-refractivity contribution in [3.8, 4) is 0 Å². The molecule has 0 N–H and O–H groups in total. The Morgan fingerprint density at radius 2 is 0.857 bits per heavy atom. The SMILES string of the molecule is CC(C)(C)OC(=O)c1ccccc1.CC(C)(C)OC(=O)c1ccccc1.SS. The normalized spacial score (nSPS) is 10.4. The zero-order valence-corrected chi connectivity index (χ0v) is 19.1. The third-order valence-corrected chi connectivity index (χ3v) is 2.82. The van der Waals surface area contributed by atoms with Crippen molar-refractivity contribution in [2.75, 3.05) is 0 Å². The van der Waals surface area contributed by atoms with E-state index in [1.807, 2.05) is 77.9 Å². The monoisotopic (exact) mass is 422 g/mol. The Morgan fingerprint density at radius 3 is 1.07 bits per heavy atom. The first kappa shape index (κ1) is 26.1. The summed E-state index contributed by atoms with van der Waals surface area (Å²) in [5, 5.41) is 0.